The first-order valence-electron chi connectivity index (χ1n) is 6.38. The largest absolute Gasteiger partial charge is 0.550 e. The highest BCUT2D eigenvalue weighted by molar-refractivity contribution is 5.90. The summed E-state index contributed by atoms with van der Waals surface area (Å²) in [5.74, 6) is -2.73. The van der Waals surface area contributed by atoms with Gasteiger partial charge < -0.3 is 19.5 Å². The molecule has 3 aliphatic rings. The molecule has 18 heavy (non-hydrogen) atoms. The highest BCUT2D eigenvalue weighted by atomic mass is 16.5. The predicted molar refractivity (Wildman–Crippen MR) is 60.2 cm³/mol. The van der Waals surface area contributed by atoms with E-state index in [4.69, 9.17) is 4.74 Å². The highest BCUT2D eigenvalue weighted by Crippen LogP contribution is 2.52. The van der Waals surface area contributed by atoms with Crippen LogP contribution in [-0.4, -0.2) is 41.1 Å². The molecule has 2 bridgehead atoms. The van der Waals surface area contributed by atoms with Crippen molar-refractivity contribution < 1.29 is 19.4 Å². The van der Waals surface area contributed by atoms with Crippen molar-refractivity contribution in [2.45, 2.75) is 38.0 Å². The van der Waals surface area contributed by atoms with E-state index in [1.54, 1.807) is 11.0 Å². The Labute approximate surface area is 105 Å². The van der Waals surface area contributed by atoms with Gasteiger partial charge in [0, 0.05) is 17.9 Å². The number of nitrogens with zero attached hydrogens (tertiary/aromatic N) is 1. The molecule has 0 unspecified atom stereocenters. The van der Waals surface area contributed by atoms with Crippen LogP contribution in [0.4, 0.5) is 0 Å². The predicted octanol–water partition coefficient (Wildman–Crippen LogP) is -0.683. The average molecular weight is 250 g/mol. The highest BCUT2D eigenvalue weighted by Gasteiger charge is 2.65. The van der Waals surface area contributed by atoms with E-state index in [0.717, 1.165) is 6.42 Å². The zero-order valence-corrected chi connectivity index (χ0v) is 10.5. The Morgan fingerprint density at radius 2 is 2.44 bits per heavy atom. The summed E-state index contributed by atoms with van der Waals surface area (Å²) < 4.78 is 5.76. The monoisotopic (exact) mass is 250 g/mol. The maximum absolute atomic E-state index is 12.4. The van der Waals surface area contributed by atoms with E-state index in [9.17, 15) is 14.7 Å². The molecule has 3 rings (SSSR count). The van der Waals surface area contributed by atoms with Gasteiger partial charge in [-0.2, -0.15) is 0 Å². The zero-order valence-electron chi connectivity index (χ0n) is 10.5. The molecule has 0 N–H and O–H groups in total. The lowest BCUT2D eigenvalue weighted by atomic mass is 9.77. The van der Waals surface area contributed by atoms with E-state index in [-0.39, 0.29) is 11.9 Å². The fourth-order valence-electron chi connectivity index (χ4n) is 3.39. The molecular formula is C13H16NO4-. The number of fused-ring (bicyclic) bond motifs is 1. The lowest BCUT2D eigenvalue weighted by molar-refractivity contribution is -0.313. The SMILES string of the molecule is CC[C@@H](C)N1C[C@@]23C=C[C@@H](O2)[C@@H](C(=O)[O-])[C@H]3C1=O. The first kappa shape index (κ1) is 11.7. The zero-order chi connectivity index (χ0) is 13.1. The summed E-state index contributed by atoms with van der Waals surface area (Å²) in [7, 11) is 0. The van der Waals surface area contributed by atoms with Gasteiger partial charge in [0.05, 0.1) is 18.6 Å². The molecule has 5 atom stereocenters. The molecule has 1 amide bonds. The molecule has 3 heterocycles. The van der Waals surface area contributed by atoms with Crippen LogP contribution in [0.5, 0.6) is 0 Å². The number of carboxylic acids is 1. The fourth-order valence-corrected chi connectivity index (χ4v) is 3.39. The Morgan fingerprint density at radius 3 is 3.06 bits per heavy atom. The van der Waals surface area contributed by atoms with Crippen LogP contribution in [0.3, 0.4) is 0 Å². The summed E-state index contributed by atoms with van der Waals surface area (Å²) in [6.45, 7) is 4.44. The number of hydrogen-bond acceptors (Lipinski definition) is 4. The van der Waals surface area contributed by atoms with Crippen LogP contribution in [0.1, 0.15) is 20.3 Å². The molecule has 98 valence electrons. The Bertz CT molecular complexity index is 446. The molecule has 0 radical (unpaired) electrons. The Balaban J connectivity index is 1.97. The normalized spacial score (nSPS) is 42.4. The van der Waals surface area contributed by atoms with Gasteiger partial charge in [0.1, 0.15) is 5.60 Å². The lowest BCUT2D eigenvalue weighted by Crippen LogP contribution is -2.45. The van der Waals surface area contributed by atoms with Crippen molar-refractivity contribution in [1.82, 2.24) is 4.90 Å². The summed E-state index contributed by atoms with van der Waals surface area (Å²) >= 11 is 0. The third kappa shape index (κ3) is 1.25. The van der Waals surface area contributed by atoms with Gasteiger partial charge in [-0.3, -0.25) is 4.79 Å². The van der Waals surface area contributed by atoms with Crippen LogP contribution < -0.4 is 5.11 Å². The van der Waals surface area contributed by atoms with Gasteiger partial charge in [-0.25, -0.2) is 0 Å². The maximum Gasteiger partial charge on any atom is 0.230 e. The van der Waals surface area contributed by atoms with E-state index in [1.807, 2.05) is 19.9 Å². The standard InChI is InChI=1S/C13H17NO4/c1-3-7(2)14-6-13-5-4-8(18-13)9(12(16)17)10(13)11(14)15/h4-5,7-10H,3,6H2,1-2H3,(H,16,17)/p-1/t7-,8-,9-,10+,13-/m1/s1. The van der Waals surface area contributed by atoms with Crippen molar-refractivity contribution in [2.24, 2.45) is 11.8 Å². The summed E-state index contributed by atoms with van der Waals surface area (Å²) in [5, 5.41) is 11.2. The van der Waals surface area contributed by atoms with Crippen molar-refractivity contribution in [3.8, 4) is 0 Å². The van der Waals surface area contributed by atoms with E-state index >= 15 is 0 Å². The summed E-state index contributed by atoms with van der Waals surface area (Å²) in [6.07, 6.45) is 3.97. The van der Waals surface area contributed by atoms with Crippen LogP contribution >= 0.6 is 0 Å². The van der Waals surface area contributed by atoms with Gasteiger partial charge in [0.2, 0.25) is 5.91 Å². The van der Waals surface area contributed by atoms with Gasteiger partial charge >= 0.3 is 0 Å². The topological polar surface area (TPSA) is 69.7 Å². The smallest absolute Gasteiger partial charge is 0.230 e. The summed E-state index contributed by atoms with van der Waals surface area (Å²) in [6, 6.07) is 0.107. The summed E-state index contributed by atoms with van der Waals surface area (Å²) in [4.78, 5) is 25.4. The molecule has 5 nitrogen and oxygen atoms in total. The number of rotatable bonds is 3. The van der Waals surface area contributed by atoms with E-state index in [2.05, 4.69) is 0 Å². The summed E-state index contributed by atoms with van der Waals surface area (Å²) in [5.41, 5.74) is -0.726. The van der Waals surface area contributed by atoms with Gasteiger partial charge in [-0.1, -0.05) is 19.1 Å². The molecular weight excluding hydrogens is 234 g/mol. The molecule has 0 aliphatic carbocycles. The molecule has 3 aliphatic heterocycles. The Kier molecular flexibility index (Phi) is 2.32. The molecule has 0 aromatic rings. The Morgan fingerprint density at radius 1 is 1.72 bits per heavy atom. The number of amides is 1. The average Bonchev–Trinajstić information content (AvgIpc) is 2.96. The molecule has 1 spiro atoms. The van der Waals surface area contributed by atoms with Gasteiger partial charge in [0.25, 0.3) is 0 Å². The van der Waals surface area contributed by atoms with Crippen LogP contribution in [0.15, 0.2) is 12.2 Å². The number of carboxylic acid groups (broad SMARTS) is 1. The maximum atomic E-state index is 12.4. The van der Waals surface area contributed by atoms with Crippen molar-refractivity contribution in [1.29, 1.82) is 0 Å². The van der Waals surface area contributed by atoms with Crippen molar-refractivity contribution in [3.05, 3.63) is 12.2 Å². The van der Waals surface area contributed by atoms with Crippen LogP contribution in [-0.2, 0) is 14.3 Å². The number of hydrogen-bond donors (Lipinski definition) is 0. The van der Waals surface area contributed by atoms with Crippen LogP contribution in [0.2, 0.25) is 0 Å². The lowest BCUT2D eigenvalue weighted by Gasteiger charge is -2.26. The minimum absolute atomic E-state index is 0.106. The van der Waals surface area contributed by atoms with Gasteiger partial charge in [-0.05, 0) is 13.3 Å². The van der Waals surface area contributed by atoms with Gasteiger partial charge in [-0.15, -0.1) is 0 Å². The third-order valence-electron chi connectivity index (χ3n) is 4.52. The van der Waals surface area contributed by atoms with Crippen LogP contribution in [0.25, 0.3) is 0 Å². The number of carbonyl (C=O) groups excluding carboxylic acids is 2. The van der Waals surface area contributed by atoms with Gasteiger partial charge in [0.15, 0.2) is 0 Å². The van der Waals surface area contributed by atoms with Crippen molar-refractivity contribution in [2.75, 3.05) is 6.54 Å². The molecule has 0 saturated carbocycles. The molecule has 0 aromatic heterocycles. The molecule has 2 fully saturated rings. The number of ether oxygens (including phenoxy) is 1. The Hall–Kier alpha value is -1.36. The number of carbonyl (C=O) groups is 2. The van der Waals surface area contributed by atoms with Crippen molar-refractivity contribution >= 4 is 11.9 Å². The fraction of sp³-hybridized carbons (Fsp3) is 0.692. The van der Waals surface area contributed by atoms with E-state index in [1.165, 1.54) is 0 Å². The molecule has 5 heteroatoms. The number of likely N-dealkylation sites (tertiary alicyclic amines) is 1. The third-order valence-corrected chi connectivity index (χ3v) is 4.52. The first-order valence-corrected chi connectivity index (χ1v) is 6.38. The number of aliphatic carboxylic acids is 1. The molecule has 2 saturated heterocycles. The minimum atomic E-state index is -1.18. The quantitative estimate of drug-likeness (QED) is 0.622. The second kappa shape index (κ2) is 3.57. The van der Waals surface area contributed by atoms with Crippen LogP contribution in [0, 0.1) is 11.8 Å². The van der Waals surface area contributed by atoms with Crippen molar-refractivity contribution in [3.63, 3.8) is 0 Å². The van der Waals surface area contributed by atoms with E-state index in [0.29, 0.717) is 6.54 Å². The minimum Gasteiger partial charge on any atom is -0.550 e. The first-order chi connectivity index (χ1) is 8.50. The second-order valence-corrected chi connectivity index (χ2v) is 5.44. The second-order valence-electron chi connectivity index (χ2n) is 5.44. The van der Waals surface area contributed by atoms with E-state index < -0.39 is 29.5 Å². The molecule has 0 aromatic carbocycles.